The van der Waals surface area contributed by atoms with E-state index in [4.69, 9.17) is 9.47 Å². The first-order chi connectivity index (χ1) is 15.4. The number of aryl methyl sites for hydroxylation is 2. The lowest BCUT2D eigenvalue weighted by molar-refractivity contribution is -0.126. The van der Waals surface area contributed by atoms with Gasteiger partial charge in [-0.2, -0.15) is 0 Å². The summed E-state index contributed by atoms with van der Waals surface area (Å²) in [5.41, 5.74) is 4.03. The highest BCUT2D eigenvalue weighted by molar-refractivity contribution is 7.11. The van der Waals surface area contributed by atoms with E-state index in [9.17, 15) is 9.59 Å². The van der Waals surface area contributed by atoms with Crippen LogP contribution in [0.3, 0.4) is 0 Å². The Bertz CT molecular complexity index is 1150. The van der Waals surface area contributed by atoms with Crippen LogP contribution in [-0.2, 0) is 16.1 Å². The Kier molecular flexibility index (Phi) is 6.28. The molecule has 1 amide bonds. The van der Waals surface area contributed by atoms with Gasteiger partial charge in [0.2, 0.25) is 0 Å². The van der Waals surface area contributed by atoms with Crippen molar-refractivity contribution in [3.63, 3.8) is 0 Å². The topological polar surface area (TPSA) is 68.7 Å². The summed E-state index contributed by atoms with van der Waals surface area (Å²) in [6.07, 6.45) is 0.0679. The molecule has 0 saturated heterocycles. The molecule has 4 rings (SSSR count). The van der Waals surface area contributed by atoms with Crippen LogP contribution >= 0.6 is 11.3 Å². The van der Waals surface area contributed by atoms with Gasteiger partial charge in [-0.05, 0) is 63.1 Å². The molecule has 166 valence electrons. The summed E-state index contributed by atoms with van der Waals surface area (Å²) in [5, 5.41) is 1.01. The largest absolute Gasteiger partial charge is 0.478 e. The van der Waals surface area contributed by atoms with Gasteiger partial charge in [-0.15, -0.1) is 11.3 Å². The number of nitrogens with zero attached hydrogens (tertiary/aromatic N) is 2. The number of hydrogen-bond acceptors (Lipinski definition) is 6. The first-order valence-corrected chi connectivity index (χ1v) is 11.6. The molecule has 1 aliphatic heterocycles. The van der Waals surface area contributed by atoms with Crippen molar-refractivity contribution in [3.05, 3.63) is 63.5 Å². The summed E-state index contributed by atoms with van der Waals surface area (Å²) in [6.45, 7) is 8.48. The van der Waals surface area contributed by atoms with Gasteiger partial charge in [-0.3, -0.25) is 4.79 Å². The third-order valence-electron chi connectivity index (χ3n) is 5.41. The van der Waals surface area contributed by atoms with Gasteiger partial charge in [0.05, 0.1) is 35.1 Å². The molecular formula is C25H26N2O4S. The zero-order valence-electron chi connectivity index (χ0n) is 18.7. The number of fused-ring (bicyclic) bond motifs is 1. The van der Waals surface area contributed by atoms with Crippen LogP contribution in [0.4, 0.5) is 5.69 Å². The molecule has 1 unspecified atom stereocenters. The van der Waals surface area contributed by atoms with Gasteiger partial charge in [-0.1, -0.05) is 19.1 Å². The second-order valence-corrected chi connectivity index (χ2v) is 9.08. The van der Waals surface area contributed by atoms with Crippen molar-refractivity contribution in [1.29, 1.82) is 0 Å². The fraction of sp³-hybridized carbons (Fsp3) is 0.320. The molecule has 1 atom stereocenters. The van der Waals surface area contributed by atoms with Crippen molar-refractivity contribution >= 4 is 28.9 Å². The van der Waals surface area contributed by atoms with E-state index in [0.717, 1.165) is 32.4 Å². The minimum Gasteiger partial charge on any atom is -0.478 e. The Labute approximate surface area is 191 Å². The monoisotopic (exact) mass is 450 g/mol. The van der Waals surface area contributed by atoms with Crippen LogP contribution in [0.2, 0.25) is 0 Å². The van der Waals surface area contributed by atoms with E-state index in [-0.39, 0.29) is 11.9 Å². The average Bonchev–Trinajstić information content (AvgIpc) is 3.13. The second-order valence-electron chi connectivity index (χ2n) is 7.68. The summed E-state index contributed by atoms with van der Waals surface area (Å²) in [6, 6.07) is 13.1. The molecule has 7 heteroatoms. The van der Waals surface area contributed by atoms with Gasteiger partial charge >= 0.3 is 5.97 Å². The number of esters is 1. The number of benzene rings is 2. The molecule has 2 aromatic carbocycles. The number of hydrogen-bond donors (Lipinski definition) is 0. The molecule has 6 nitrogen and oxygen atoms in total. The lowest BCUT2D eigenvalue weighted by atomic mass is 10.0. The van der Waals surface area contributed by atoms with Crippen molar-refractivity contribution in [3.8, 4) is 17.0 Å². The maximum atomic E-state index is 13.2. The van der Waals surface area contributed by atoms with Crippen LogP contribution < -0.4 is 9.64 Å². The fourth-order valence-corrected chi connectivity index (χ4v) is 4.67. The molecule has 0 bridgehead atoms. The standard InChI is InChI=1S/C25H26N2O4S/c1-5-21-24(28)27(14-17-7-9-18(10-8-17)25(29)30-6-2)20-13-19(11-12-22(20)31-21)23-15(3)32-16(4)26-23/h7-13,21H,5-6,14H2,1-4H3. The second kappa shape index (κ2) is 9.12. The van der Waals surface area contributed by atoms with E-state index < -0.39 is 6.10 Å². The normalized spacial score (nSPS) is 15.3. The summed E-state index contributed by atoms with van der Waals surface area (Å²) in [4.78, 5) is 32.7. The van der Waals surface area contributed by atoms with Crippen molar-refractivity contribution in [2.24, 2.45) is 0 Å². The molecule has 3 aromatic rings. The summed E-state index contributed by atoms with van der Waals surface area (Å²) < 4.78 is 11.0. The molecule has 0 aliphatic carbocycles. The number of anilines is 1. The predicted octanol–water partition coefficient (Wildman–Crippen LogP) is 5.31. The SMILES string of the molecule is CCOC(=O)c1ccc(CN2C(=O)C(CC)Oc3ccc(-c4nc(C)sc4C)cc32)cc1. The smallest absolute Gasteiger partial charge is 0.338 e. The zero-order chi connectivity index (χ0) is 22.8. The molecular weight excluding hydrogens is 424 g/mol. The Balaban J connectivity index is 1.68. The number of thiazole rings is 1. The molecule has 32 heavy (non-hydrogen) atoms. The number of carbonyl (C=O) groups is 2. The molecule has 1 aliphatic rings. The Morgan fingerprint density at radius 3 is 2.53 bits per heavy atom. The van der Waals surface area contributed by atoms with E-state index in [1.54, 1.807) is 35.3 Å². The van der Waals surface area contributed by atoms with Crippen molar-refractivity contribution in [2.75, 3.05) is 11.5 Å². The lowest BCUT2D eigenvalue weighted by Gasteiger charge is -2.34. The van der Waals surface area contributed by atoms with Gasteiger partial charge < -0.3 is 14.4 Å². The van der Waals surface area contributed by atoms with E-state index in [1.165, 1.54) is 0 Å². The van der Waals surface area contributed by atoms with Crippen LogP contribution in [0.5, 0.6) is 5.75 Å². The van der Waals surface area contributed by atoms with E-state index >= 15 is 0 Å². The van der Waals surface area contributed by atoms with Crippen LogP contribution in [-0.4, -0.2) is 29.6 Å². The quantitative estimate of drug-likeness (QED) is 0.476. The van der Waals surface area contributed by atoms with Crippen LogP contribution in [0.25, 0.3) is 11.3 Å². The van der Waals surface area contributed by atoms with Crippen LogP contribution in [0.1, 0.15) is 46.1 Å². The number of amides is 1. The van der Waals surface area contributed by atoms with E-state index in [0.29, 0.717) is 30.9 Å². The van der Waals surface area contributed by atoms with Gasteiger partial charge in [0, 0.05) is 10.4 Å². The third kappa shape index (κ3) is 4.25. The molecule has 1 aromatic heterocycles. The zero-order valence-corrected chi connectivity index (χ0v) is 19.5. The lowest BCUT2D eigenvalue weighted by Crippen LogP contribution is -2.45. The van der Waals surface area contributed by atoms with Gasteiger partial charge in [-0.25, -0.2) is 9.78 Å². The fourth-order valence-electron chi connectivity index (χ4n) is 3.83. The maximum absolute atomic E-state index is 13.2. The molecule has 0 spiro atoms. The molecule has 2 heterocycles. The number of ether oxygens (including phenoxy) is 2. The minimum atomic E-state index is -0.518. The van der Waals surface area contributed by atoms with Crippen molar-refractivity contribution in [1.82, 2.24) is 4.98 Å². The van der Waals surface area contributed by atoms with Gasteiger partial charge in [0.25, 0.3) is 5.91 Å². The van der Waals surface area contributed by atoms with Crippen LogP contribution in [0.15, 0.2) is 42.5 Å². The van der Waals surface area contributed by atoms with Gasteiger partial charge in [0.1, 0.15) is 5.75 Å². The van der Waals surface area contributed by atoms with Gasteiger partial charge in [0.15, 0.2) is 6.10 Å². The minimum absolute atomic E-state index is 0.0715. The highest BCUT2D eigenvalue weighted by Crippen LogP contribution is 2.40. The summed E-state index contributed by atoms with van der Waals surface area (Å²) in [7, 11) is 0. The first kappa shape index (κ1) is 22.0. The highest BCUT2D eigenvalue weighted by Gasteiger charge is 2.33. The summed E-state index contributed by atoms with van der Waals surface area (Å²) >= 11 is 1.66. The Morgan fingerprint density at radius 2 is 1.91 bits per heavy atom. The van der Waals surface area contributed by atoms with Crippen LogP contribution in [0, 0.1) is 13.8 Å². The number of aromatic nitrogens is 1. The highest BCUT2D eigenvalue weighted by atomic mass is 32.1. The average molecular weight is 451 g/mol. The van der Waals surface area contributed by atoms with Crippen molar-refractivity contribution in [2.45, 2.75) is 46.8 Å². The van der Waals surface area contributed by atoms with Crippen molar-refractivity contribution < 1.29 is 19.1 Å². The molecule has 0 saturated carbocycles. The van der Waals surface area contributed by atoms with E-state index in [1.807, 2.05) is 44.2 Å². The predicted molar refractivity (Wildman–Crippen MR) is 125 cm³/mol. The third-order valence-corrected chi connectivity index (χ3v) is 6.30. The number of carbonyl (C=O) groups excluding carboxylic acids is 2. The Hall–Kier alpha value is -3.19. The first-order valence-electron chi connectivity index (χ1n) is 10.7. The molecule has 0 radical (unpaired) electrons. The summed E-state index contributed by atoms with van der Waals surface area (Å²) in [5.74, 6) is 0.266. The number of rotatable bonds is 6. The maximum Gasteiger partial charge on any atom is 0.338 e. The Morgan fingerprint density at radius 1 is 1.16 bits per heavy atom. The van der Waals surface area contributed by atoms with E-state index in [2.05, 4.69) is 11.9 Å². The molecule has 0 N–H and O–H groups in total. The molecule has 0 fully saturated rings.